The zero-order valence-electron chi connectivity index (χ0n) is 10.9. The SMILES string of the molecule is c1cn(C2CCN3CCCC3C2)c(NC2CC2)n1. The van der Waals surface area contributed by atoms with Crippen LogP contribution in [0.1, 0.15) is 44.6 Å². The van der Waals surface area contributed by atoms with Gasteiger partial charge in [0.25, 0.3) is 0 Å². The molecule has 1 aliphatic carbocycles. The zero-order valence-corrected chi connectivity index (χ0v) is 10.9. The molecule has 18 heavy (non-hydrogen) atoms. The summed E-state index contributed by atoms with van der Waals surface area (Å²) < 4.78 is 2.40. The summed E-state index contributed by atoms with van der Waals surface area (Å²) in [6.45, 7) is 2.60. The van der Waals surface area contributed by atoms with Gasteiger partial charge in [-0.1, -0.05) is 0 Å². The summed E-state index contributed by atoms with van der Waals surface area (Å²) in [7, 11) is 0. The molecule has 0 amide bonds. The summed E-state index contributed by atoms with van der Waals surface area (Å²) in [5, 5.41) is 3.56. The fourth-order valence-corrected chi connectivity index (χ4v) is 3.59. The second kappa shape index (κ2) is 4.26. The Hall–Kier alpha value is -1.03. The van der Waals surface area contributed by atoms with Crippen molar-refractivity contribution in [3.8, 4) is 0 Å². The highest BCUT2D eigenvalue weighted by molar-refractivity contribution is 5.30. The lowest BCUT2D eigenvalue weighted by molar-refractivity contribution is 0.156. The molecule has 0 radical (unpaired) electrons. The van der Waals surface area contributed by atoms with Crippen molar-refractivity contribution in [1.82, 2.24) is 14.5 Å². The normalized spacial score (nSPS) is 32.4. The van der Waals surface area contributed by atoms with Crippen LogP contribution in [0.15, 0.2) is 12.4 Å². The minimum absolute atomic E-state index is 0.660. The topological polar surface area (TPSA) is 33.1 Å². The summed E-state index contributed by atoms with van der Waals surface area (Å²) in [5.74, 6) is 1.11. The molecule has 2 atom stereocenters. The van der Waals surface area contributed by atoms with Gasteiger partial charge in [0, 0.05) is 37.1 Å². The minimum Gasteiger partial charge on any atom is -0.353 e. The van der Waals surface area contributed by atoms with Gasteiger partial charge in [-0.3, -0.25) is 0 Å². The van der Waals surface area contributed by atoms with E-state index in [2.05, 4.69) is 26.0 Å². The Labute approximate surface area is 108 Å². The third-order valence-corrected chi connectivity index (χ3v) is 4.77. The van der Waals surface area contributed by atoms with E-state index >= 15 is 0 Å². The van der Waals surface area contributed by atoms with Crippen molar-refractivity contribution in [2.24, 2.45) is 0 Å². The molecule has 3 fully saturated rings. The number of nitrogens with one attached hydrogen (secondary N) is 1. The van der Waals surface area contributed by atoms with Crippen LogP contribution in [0.5, 0.6) is 0 Å². The summed E-state index contributed by atoms with van der Waals surface area (Å²) in [6.07, 6.45) is 12.1. The Morgan fingerprint density at radius 2 is 2.06 bits per heavy atom. The molecule has 0 bridgehead atoms. The molecule has 1 aromatic heterocycles. The van der Waals surface area contributed by atoms with E-state index in [0.717, 1.165) is 12.0 Å². The van der Waals surface area contributed by atoms with Crippen LogP contribution in [0.4, 0.5) is 5.95 Å². The Morgan fingerprint density at radius 1 is 1.11 bits per heavy atom. The van der Waals surface area contributed by atoms with Crippen molar-refractivity contribution in [2.75, 3.05) is 18.4 Å². The van der Waals surface area contributed by atoms with Crippen LogP contribution in [0, 0.1) is 0 Å². The fraction of sp³-hybridized carbons (Fsp3) is 0.786. The summed E-state index contributed by atoms with van der Waals surface area (Å²) in [6, 6.07) is 2.19. The molecule has 2 unspecified atom stereocenters. The van der Waals surface area contributed by atoms with Crippen LogP contribution in [0.2, 0.25) is 0 Å². The predicted molar refractivity (Wildman–Crippen MR) is 71.7 cm³/mol. The molecule has 3 heterocycles. The Kier molecular flexibility index (Phi) is 2.57. The summed E-state index contributed by atoms with van der Waals surface area (Å²) in [4.78, 5) is 7.18. The lowest BCUT2D eigenvalue weighted by atomic mass is 9.97. The van der Waals surface area contributed by atoms with Gasteiger partial charge in [0.05, 0.1) is 0 Å². The van der Waals surface area contributed by atoms with E-state index in [-0.39, 0.29) is 0 Å². The molecular weight excluding hydrogens is 224 g/mol. The highest BCUT2D eigenvalue weighted by atomic mass is 15.3. The van der Waals surface area contributed by atoms with E-state index < -0.39 is 0 Å². The molecule has 1 N–H and O–H groups in total. The molecule has 3 aliphatic rings. The number of anilines is 1. The smallest absolute Gasteiger partial charge is 0.203 e. The average molecular weight is 246 g/mol. The number of rotatable bonds is 3. The van der Waals surface area contributed by atoms with Crippen LogP contribution < -0.4 is 5.32 Å². The van der Waals surface area contributed by atoms with E-state index in [4.69, 9.17) is 0 Å². The van der Waals surface area contributed by atoms with Gasteiger partial charge in [-0.15, -0.1) is 0 Å². The van der Waals surface area contributed by atoms with E-state index in [9.17, 15) is 0 Å². The molecule has 0 spiro atoms. The van der Waals surface area contributed by atoms with Crippen LogP contribution >= 0.6 is 0 Å². The first-order valence-electron chi connectivity index (χ1n) is 7.43. The monoisotopic (exact) mass is 246 g/mol. The van der Waals surface area contributed by atoms with Crippen molar-refractivity contribution in [2.45, 2.75) is 56.7 Å². The van der Waals surface area contributed by atoms with E-state index in [0.29, 0.717) is 12.1 Å². The quantitative estimate of drug-likeness (QED) is 0.888. The van der Waals surface area contributed by atoms with Crippen molar-refractivity contribution < 1.29 is 0 Å². The lowest BCUT2D eigenvalue weighted by Gasteiger charge is -2.35. The Bertz CT molecular complexity index is 423. The van der Waals surface area contributed by atoms with Gasteiger partial charge in [0.1, 0.15) is 0 Å². The van der Waals surface area contributed by atoms with Crippen LogP contribution in [-0.4, -0.2) is 39.6 Å². The minimum atomic E-state index is 0.660. The molecule has 0 aromatic carbocycles. The summed E-state index contributed by atoms with van der Waals surface area (Å²) in [5.41, 5.74) is 0. The Balaban J connectivity index is 1.50. The highest BCUT2D eigenvalue weighted by Crippen LogP contribution is 2.35. The summed E-state index contributed by atoms with van der Waals surface area (Å²) >= 11 is 0. The first-order chi connectivity index (χ1) is 8.90. The largest absolute Gasteiger partial charge is 0.353 e. The third kappa shape index (κ3) is 1.92. The number of hydrogen-bond donors (Lipinski definition) is 1. The van der Waals surface area contributed by atoms with Gasteiger partial charge in [0.15, 0.2) is 0 Å². The third-order valence-electron chi connectivity index (χ3n) is 4.77. The van der Waals surface area contributed by atoms with E-state index in [1.807, 2.05) is 6.20 Å². The lowest BCUT2D eigenvalue weighted by Crippen LogP contribution is -2.38. The van der Waals surface area contributed by atoms with Gasteiger partial charge in [-0.05, 0) is 45.1 Å². The standard InChI is InChI=1S/C14H22N4/c1-2-12-10-13(5-8-17(12)7-1)18-9-6-15-14(18)16-11-3-4-11/h6,9,11-13H,1-5,7-8,10H2,(H,15,16). The molecule has 2 aliphatic heterocycles. The molecule has 2 saturated heterocycles. The van der Waals surface area contributed by atoms with E-state index in [1.165, 1.54) is 51.6 Å². The van der Waals surface area contributed by atoms with Gasteiger partial charge < -0.3 is 14.8 Å². The molecule has 1 saturated carbocycles. The molecule has 1 aromatic rings. The zero-order chi connectivity index (χ0) is 11.9. The molecular formula is C14H22N4. The van der Waals surface area contributed by atoms with Gasteiger partial charge in [0.2, 0.25) is 5.95 Å². The predicted octanol–water partition coefficient (Wildman–Crippen LogP) is 2.26. The van der Waals surface area contributed by atoms with Crippen LogP contribution in [-0.2, 0) is 0 Å². The maximum Gasteiger partial charge on any atom is 0.203 e. The number of piperidine rings is 1. The van der Waals surface area contributed by atoms with Crippen molar-refractivity contribution in [3.05, 3.63) is 12.4 Å². The van der Waals surface area contributed by atoms with Crippen molar-refractivity contribution in [3.63, 3.8) is 0 Å². The van der Waals surface area contributed by atoms with Crippen LogP contribution in [0.25, 0.3) is 0 Å². The number of hydrogen-bond acceptors (Lipinski definition) is 3. The molecule has 4 nitrogen and oxygen atoms in total. The average Bonchev–Trinajstić information content (AvgIpc) is 2.91. The first kappa shape index (κ1) is 10.9. The maximum absolute atomic E-state index is 4.50. The highest BCUT2D eigenvalue weighted by Gasteiger charge is 2.33. The van der Waals surface area contributed by atoms with E-state index in [1.54, 1.807) is 0 Å². The number of nitrogens with zero attached hydrogens (tertiary/aromatic N) is 3. The number of fused-ring (bicyclic) bond motifs is 1. The molecule has 98 valence electrons. The van der Waals surface area contributed by atoms with Gasteiger partial charge in [-0.2, -0.15) is 0 Å². The second-order valence-electron chi connectivity index (χ2n) is 6.09. The number of imidazole rings is 1. The van der Waals surface area contributed by atoms with Crippen molar-refractivity contribution >= 4 is 5.95 Å². The van der Waals surface area contributed by atoms with Gasteiger partial charge in [-0.25, -0.2) is 4.98 Å². The fourth-order valence-electron chi connectivity index (χ4n) is 3.59. The second-order valence-corrected chi connectivity index (χ2v) is 6.09. The maximum atomic E-state index is 4.50. The molecule has 4 heteroatoms. The van der Waals surface area contributed by atoms with Crippen molar-refractivity contribution in [1.29, 1.82) is 0 Å². The van der Waals surface area contributed by atoms with Gasteiger partial charge >= 0.3 is 0 Å². The van der Waals surface area contributed by atoms with Crippen LogP contribution in [0.3, 0.4) is 0 Å². The first-order valence-corrected chi connectivity index (χ1v) is 7.43. The molecule has 4 rings (SSSR count). The Morgan fingerprint density at radius 3 is 2.94 bits per heavy atom. The number of aromatic nitrogens is 2.